The summed E-state index contributed by atoms with van der Waals surface area (Å²) in [5.74, 6) is 0. The number of nitro groups is 2. The number of hydroxylamine groups is 1. The Hall–Kier alpha value is -1.80. The molecule has 0 fully saturated rings. The van der Waals surface area contributed by atoms with Crippen LogP contribution in [0, 0.1) is 25.4 Å². The summed E-state index contributed by atoms with van der Waals surface area (Å²) >= 11 is 0. The van der Waals surface area contributed by atoms with Gasteiger partial charge in [0, 0.05) is 4.86 Å². The van der Waals surface area contributed by atoms with Crippen molar-refractivity contribution in [2.45, 2.75) is 6.29 Å². The van der Waals surface area contributed by atoms with Gasteiger partial charge in [0.25, 0.3) is 0 Å². The van der Waals surface area contributed by atoms with Crippen LogP contribution in [0.1, 0.15) is 0 Å². The maximum atomic E-state index is 10.3. The van der Waals surface area contributed by atoms with Gasteiger partial charge in [-0.2, -0.15) is 0 Å². The van der Waals surface area contributed by atoms with Crippen molar-refractivity contribution in [1.82, 2.24) is 0 Å². The van der Waals surface area contributed by atoms with Crippen molar-refractivity contribution in [1.29, 1.82) is 0 Å². The second-order valence-corrected chi connectivity index (χ2v) is 1.42. The molecule has 0 N–H and O–H groups in total. The standard InChI is InChI=1S/C2H4N4O5/c1-3-4(7)2(5(8)9)6(10)11/h2H,1H3. The van der Waals surface area contributed by atoms with Crippen LogP contribution in [-0.2, 0) is 0 Å². The van der Waals surface area contributed by atoms with E-state index in [1.54, 1.807) is 0 Å². The molecule has 0 rings (SSSR count). The van der Waals surface area contributed by atoms with Crippen molar-refractivity contribution in [2.24, 2.45) is 5.11 Å². The van der Waals surface area contributed by atoms with E-state index in [1.165, 1.54) is 0 Å². The Morgan fingerprint density at radius 1 is 1.18 bits per heavy atom. The van der Waals surface area contributed by atoms with Gasteiger partial charge in [0.05, 0.1) is 7.05 Å². The molecule has 0 aromatic heterocycles. The second-order valence-electron chi connectivity index (χ2n) is 1.42. The Bertz CT molecular complexity index is 197. The van der Waals surface area contributed by atoms with E-state index >= 15 is 0 Å². The summed E-state index contributed by atoms with van der Waals surface area (Å²) in [6.45, 7) is 0. The summed E-state index contributed by atoms with van der Waals surface area (Å²) in [6, 6.07) is 0. The number of hydrogen-bond acceptors (Lipinski definition) is 6. The van der Waals surface area contributed by atoms with E-state index < -0.39 is 21.0 Å². The maximum Gasteiger partial charge on any atom is 0.674 e. The molecule has 0 heterocycles. The van der Waals surface area contributed by atoms with Crippen LogP contribution in [0.4, 0.5) is 0 Å². The van der Waals surface area contributed by atoms with E-state index in [1.807, 2.05) is 0 Å². The molecule has 0 radical (unpaired) electrons. The van der Waals surface area contributed by atoms with Crippen molar-refractivity contribution >= 4 is 0 Å². The van der Waals surface area contributed by atoms with Gasteiger partial charge in [-0.1, -0.05) is 0 Å². The SMILES string of the molecule is CN=[N+]([O-])C([N+](=O)[O-])[N+](=O)[O-]. The van der Waals surface area contributed by atoms with Gasteiger partial charge in [-0.15, -0.1) is 0 Å². The molecule has 0 aromatic rings. The molecule has 9 heteroatoms. The predicted molar refractivity (Wildman–Crippen MR) is 29.8 cm³/mol. The fraction of sp³-hybridized carbons (Fsp3) is 1.00. The third kappa shape index (κ3) is 2.12. The van der Waals surface area contributed by atoms with Crippen molar-refractivity contribution < 1.29 is 14.7 Å². The number of nitrogens with zero attached hydrogens (tertiary/aromatic N) is 4. The van der Waals surface area contributed by atoms with Crippen LogP contribution in [0.15, 0.2) is 5.11 Å². The normalized spacial score (nSPS) is 11.6. The average molecular weight is 164 g/mol. The third-order valence-corrected chi connectivity index (χ3v) is 0.772. The van der Waals surface area contributed by atoms with E-state index in [0.717, 1.165) is 7.05 Å². The minimum absolute atomic E-state index is 0.583. The van der Waals surface area contributed by atoms with Crippen LogP contribution in [0.5, 0.6) is 0 Å². The van der Waals surface area contributed by atoms with Gasteiger partial charge in [-0.05, 0) is 5.11 Å². The van der Waals surface area contributed by atoms with Gasteiger partial charge in [0.15, 0.2) is 9.85 Å². The molecule has 0 aliphatic carbocycles. The van der Waals surface area contributed by atoms with Crippen molar-refractivity contribution in [3.8, 4) is 0 Å². The highest BCUT2D eigenvalue weighted by Crippen LogP contribution is 1.92. The molecule has 0 bridgehead atoms. The van der Waals surface area contributed by atoms with E-state index in [2.05, 4.69) is 5.11 Å². The van der Waals surface area contributed by atoms with Gasteiger partial charge >= 0.3 is 6.29 Å². The number of hydrogen-bond donors (Lipinski definition) is 0. The van der Waals surface area contributed by atoms with Gasteiger partial charge in [-0.3, -0.25) is 20.2 Å². The first-order valence-electron chi connectivity index (χ1n) is 2.33. The molecule has 0 aromatic carbocycles. The van der Waals surface area contributed by atoms with Crippen LogP contribution in [0.2, 0.25) is 0 Å². The summed E-state index contributed by atoms with van der Waals surface area (Å²) in [5.41, 5.74) is 0. The Labute approximate surface area is 59.8 Å². The molecule has 0 spiro atoms. The first kappa shape index (κ1) is 9.20. The van der Waals surface area contributed by atoms with E-state index in [0.29, 0.717) is 0 Å². The smallest absolute Gasteiger partial charge is 0.589 e. The van der Waals surface area contributed by atoms with Crippen LogP contribution in [0.3, 0.4) is 0 Å². The molecule has 0 unspecified atom stereocenters. The maximum absolute atomic E-state index is 10.3. The first-order valence-corrected chi connectivity index (χ1v) is 2.33. The summed E-state index contributed by atoms with van der Waals surface area (Å²) in [4.78, 5) is 16.4. The largest absolute Gasteiger partial charge is 0.674 e. The van der Waals surface area contributed by atoms with Crippen LogP contribution >= 0.6 is 0 Å². The van der Waals surface area contributed by atoms with E-state index in [-0.39, 0.29) is 0 Å². The molecule has 0 aliphatic rings. The Morgan fingerprint density at radius 3 is 1.64 bits per heavy atom. The Kier molecular flexibility index (Phi) is 2.83. The van der Waals surface area contributed by atoms with E-state index in [4.69, 9.17) is 0 Å². The van der Waals surface area contributed by atoms with Gasteiger partial charge in [0.1, 0.15) is 0 Å². The lowest BCUT2D eigenvalue weighted by Crippen LogP contribution is -2.36. The summed E-state index contributed by atoms with van der Waals surface area (Å²) in [6.07, 6.45) is -2.54. The van der Waals surface area contributed by atoms with E-state index in [9.17, 15) is 25.4 Å². The molecule has 0 amide bonds. The van der Waals surface area contributed by atoms with Crippen molar-refractivity contribution in [3.05, 3.63) is 25.4 Å². The fourth-order valence-electron chi connectivity index (χ4n) is 0.342. The second kappa shape index (κ2) is 3.39. The molecule has 0 saturated heterocycles. The minimum Gasteiger partial charge on any atom is -0.589 e. The topological polar surface area (TPSA) is 125 Å². The lowest BCUT2D eigenvalue weighted by Gasteiger charge is -1.97. The monoisotopic (exact) mass is 164 g/mol. The number of rotatable bonds is 3. The molecule has 0 atom stereocenters. The Balaban J connectivity index is 4.62. The highest BCUT2D eigenvalue weighted by Gasteiger charge is 2.42. The van der Waals surface area contributed by atoms with Crippen molar-refractivity contribution in [3.63, 3.8) is 0 Å². The van der Waals surface area contributed by atoms with Crippen LogP contribution in [-0.4, -0.2) is 28.0 Å². The summed E-state index contributed by atoms with van der Waals surface area (Å²) < 4.78 is 0. The molecule has 11 heavy (non-hydrogen) atoms. The van der Waals surface area contributed by atoms with Crippen LogP contribution < -0.4 is 0 Å². The fourth-order valence-corrected chi connectivity index (χ4v) is 0.342. The van der Waals surface area contributed by atoms with Gasteiger partial charge < -0.3 is 5.21 Å². The molecule has 9 nitrogen and oxygen atoms in total. The predicted octanol–water partition coefficient (Wildman–Crippen LogP) is -0.584. The summed E-state index contributed by atoms with van der Waals surface area (Å²) in [5, 5.41) is 32.6. The van der Waals surface area contributed by atoms with Gasteiger partial charge in [-0.25, -0.2) is 0 Å². The molecular weight excluding hydrogens is 160 g/mol. The Morgan fingerprint density at radius 2 is 1.55 bits per heavy atom. The third-order valence-electron chi connectivity index (χ3n) is 0.772. The minimum atomic E-state index is -2.54. The molecule has 62 valence electrons. The number of azo groups is 1. The summed E-state index contributed by atoms with van der Waals surface area (Å²) in [7, 11) is 0.924. The zero-order valence-electron chi connectivity index (χ0n) is 5.41. The lowest BCUT2D eigenvalue weighted by atomic mass is 10.9. The first-order chi connectivity index (χ1) is 5.00. The highest BCUT2D eigenvalue weighted by atomic mass is 16.7. The van der Waals surface area contributed by atoms with Crippen molar-refractivity contribution in [2.75, 3.05) is 7.05 Å². The molecular formula is C2H4N4O5. The average Bonchev–Trinajstić information content (AvgIpc) is 1.85. The zero-order valence-corrected chi connectivity index (χ0v) is 5.41. The highest BCUT2D eigenvalue weighted by molar-refractivity contribution is 4.18. The van der Waals surface area contributed by atoms with Crippen LogP contribution in [0.25, 0.3) is 0 Å². The van der Waals surface area contributed by atoms with Gasteiger partial charge in [0.2, 0.25) is 0 Å². The lowest BCUT2D eigenvalue weighted by molar-refractivity contribution is -0.924. The molecule has 0 aliphatic heterocycles. The molecule has 0 saturated carbocycles. The quantitative estimate of drug-likeness (QED) is 0.181. The zero-order chi connectivity index (χ0) is 9.02.